The van der Waals surface area contributed by atoms with Crippen LogP contribution in [0.25, 0.3) is 0 Å². The first-order valence-corrected chi connectivity index (χ1v) is 3.16. The zero-order valence-corrected chi connectivity index (χ0v) is 5.41. The average Bonchev–Trinajstić information content (AvgIpc) is 1.69. The number of alkyl halides is 1. The van der Waals surface area contributed by atoms with E-state index in [1.54, 1.807) is 0 Å². The summed E-state index contributed by atoms with van der Waals surface area (Å²) in [5, 5.41) is 0. The van der Waals surface area contributed by atoms with Crippen LogP contribution in [0.4, 0.5) is 0 Å². The molecule has 0 nitrogen and oxygen atoms in total. The highest BCUT2D eigenvalue weighted by Gasteiger charge is 1.69. The molecule has 42 valence electrons. The molecular formula is C6H11Cl. The lowest BCUT2D eigenvalue weighted by molar-refractivity contribution is 1.16. The van der Waals surface area contributed by atoms with Crippen LogP contribution in [0.3, 0.4) is 0 Å². The van der Waals surface area contributed by atoms with E-state index in [2.05, 4.69) is 19.1 Å². The third kappa shape index (κ3) is 6.03. The van der Waals surface area contributed by atoms with E-state index in [0.29, 0.717) is 0 Å². The van der Waals surface area contributed by atoms with E-state index in [-0.39, 0.29) is 0 Å². The quantitative estimate of drug-likeness (QED) is 0.395. The van der Waals surface area contributed by atoms with Gasteiger partial charge in [-0.1, -0.05) is 19.1 Å². The third-order valence-electron chi connectivity index (χ3n) is 0.678. The van der Waals surface area contributed by atoms with Crippen LogP contribution in [0.15, 0.2) is 12.2 Å². The van der Waals surface area contributed by atoms with E-state index >= 15 is 0 Å². The Kier molecular flexibility index (Phi) is 6.06. The van der Waals surface area contributed by atoms with Gasteiger partial charge in [-0.25, -0.2) is 0 Å². The highest BCUT2D eigenvalue weighted by molar-refractivity contribution is 6.17. The van der Waals surface area contributed by atoms with Crippen LogP contribution in [0.2, 0.25) is 0 Å². The van der Waals surface area contributed by atoms with Crippen molar-refractivity contribution in [2.24, 2.45) is 0 Å². The van der Waals surface area contributed by atoms with Gasteiger partial charge in [-0.05, 0) is 12.8 Å². The molecule has 0 aromatic rings. The maximum Gasteiger partial charge on any atom is 0.0257 e. The maximum atomic E-state index is 5.39. The van der Waals surface area contributed by atoms with Crippen molar-refractivity contribution in [3.05, 3.63) is 12.2 Å². The van der Waals surface area contributed by atoms with Crippen molar-refractivity contribution < 1.29 is 0 Å². The molecule has 0 aliphatic heterocycles. The van der Waals surface area contributed by atoms with Crippen molar-refractivity contribution in [3.8, 4) is 0 Å². The Morgan fingerprint density at radius 2 is 2.14 bits per heavy atom. The van der Waals surface area contributed by atoms with Crippen LogP contribution in [0.5, 0.6) is 0 Å². The molecule has 0 saturated carbocycles. The Morgan fingerprint density at radius 1 is 1.43 bits per heavy atom. The van der Waals surface area contributed by atoms with Crippen LogP contribution in [0.1, 0.15) is 19.8 Å². The molecule has 0 bridgehead atoms. The fraction of sp³-hybridized carbons (Fsp3) is 0.667. The maximum absolute atomic E-state index is 5.39. The molecule has 0 saturated heterocycles. The van der Waals surface area contributed by atoms with Gasteiger partial charge in [0.2, 0.25) is 0 Å². The fourth-order valence-corrected chi connectivity index (χ4v) is 0.474. The van der Waals surface area contributed by atoms with Crippen LogP contribution in [0, 0.1) is 0 Å². The predicted octanol–water partition coefficient (Wildman–Crippen LogP) is 2.58. The Morgan fingerprint density at radius 3 is 2.57 bits per heavy atom. The Balaban J connectivity index is 2.78. The highest BCUT2D eigenvalue weighted by Crippen LogP contribution is 1.87. The molecule has 0 radical (unpaired) electrons. The number of rotatable bonds is 3. The monoisotopic (exact) mass is 118 g/mol. The molecule has 1 heteroatoms. The number of hydrogen-bond donors (Lipinski definition) is 0. The normalized spacial score (nSPS) is 10.6. The predicted molar refractivity (Wildman–Crippen MR) is 34.8 cm³/mol. The minimum Gasteiger partial charge on any atom is -0.126 e. The topological polar surface area (TPSA) is 0 Å². The summed E-state index contributed by atoms with van der Waals surface area (Å²) >= 11 is 5.39. The summed E-state index contributed by atoms with van der Waals surface area (Å²) in [5.41, 5.74) is 0. The first-order chi connectivity index (χ1) is 3.41. The second-order valence-corrected chi connectivity index (χ2v) is 1.74. The van der Waals surface area contributed by atoms with E-state index in [9.17, 15) is 0 Å². The third-order valence-corrected chi connectivity index (χ3v) is 0.896. The minimum atomic E-state index is 0.747. The molecule has 0 spiro atoms. The van der Waals surface area contributed by atoms with Crippen molar-refractivity contribution in [3.63, 3.8) is 0 Å². The van der Waals surface area contributed by atoms with Crippen molar-refractivity contribution >= 4 is 11.6 Å². The second-order valence-electron chi connectivity index (χ2n) is 1.36. The lowest BCUT2D eigenvalue weighted by atomic mass is 10.4. The average molecular weight is 119 g/mol. The van der Waals surface area contributed by atoms with Crippen LogP contribution < -0.4 is 0 Å². The second kappa shape index (κ2) is 6.03. The largest absolute Gasteiger partial charge is 0.126 e. The molecule has 0 atom stereocenters. The van der Waals surface area contributed by atoms with Crippen LogP contribution in [-0.2, 0) is 0 Å². The van der Waals surface area contributed by atoms with Crippen LogP contribution in [-0.4, -0.2) is 5.88 Å². The molecule has 0 fully saturated rings. The van der Waals surface area contributed by atoms with E-state index in [0.717, 1.165) is 18.7 Å². The van der Waals surface area contributed by atoms with E-state index < -0.39 is 0 Å². The molecule has 0 heterocycles. The number of halogens is 1. The zero-order chi connectivity index (χ0) is 5.54. The van der Waals surface area contributed by atoms with Crippen LogP contribution >= 0.6 is 11.6 Å². The molecule has 0 unspecified atom stereocenters. The minimum absolute atomic E-state index is 0.747. The molecule has 0 aliphatic rings. The summed E-state index contributed by atoms with van der Waals surface area (Å²) in [6.07, 6.45) is 6.36. The molecule has 0 aromatic heterocycles. The van der Waals surface area contributed by atoms with Crippen molar-refractivity contribution in [1.29, 1.82) is 0 Å². The Bertz CT molecular complexity index is 48.1. The molecule has 0 rings (SSSR count). The first kappa shape index (κ1) is 7.03. The van der Waals surface area contributed by atoms with Gasteiger partial charge in [0.15, 0.2) is 0 Å². The summed E-state index contributed by atoms with van der Waals surface area (Å²) in [7, 11) is 0. The summed E-state index contributed by atoms with van der Waals surface area (Å²) in [5.74, 6) is 0.747. The van der Waals surface area contributed by atoms with Crippen molar-refractivity contribution in [2.45, 2.75) is 19.8 Å². The summed E-state index contributed by atoms with van der Waals surface area (Å²) in [4.78, 5) is 0. The molecule has 0 aliphatic carbocycles. The standard InChI is InChI=1S/C6H11Cl/c1-2-3-4-5-6-7/h3-4H,2,5-6H2,1H3. The lowest BCUT2D eigenvalue weighted by Crippen LogP contribution is -1.64. The number of hydrogen-bond acceptors (Lipinski definition) is 0. The molecule has 0 aromatic carbocycles. The van der Waals surface area contributed by atoms with Gasteiger partial charge in [-0.2, -0.15) is 0 Å². The summed E-state index contributed by atoms with van der Waals surface area (Å²) in [6, 6.07) is 0. The van der Waals surface area contributed by atoms with Gasteiger partial charge < -0.3 is 0 Å². The van der Waals surface area contributed by atoms with Gasteiger partial charge in [-0.3, -0.25) is 0 Å². The van der Waals surface area contributed by atoms with Gasteiger partial charge in [0.1, 0.15) is 0 Å². The van der Waals surface area contributed by atoms with Gasteiger partial charge in [0, 0.05) is 5.88 Å². The summed E-state index contributed by atoms with van der Waals surface area (Å²) in [6.45, 7) is 2.12. The lowest BCUT2D eigenvalue weighted by Gasteiger charge is -1.78. The number of allylic oxidation sites excluding steroid dienone is 2. The molecule has 7 heavy (non-hydrogen) atoms. The smallest absolute Gasteiger partial charge is 0.0257 e. The Hall–Kier alpha value is 0.0300. The van der Waals surface area contributed by atoms with E-state index in [4.69, 9.17) is 11.6 Å². The SMILES string of the molecule is CCC=CCCCl. The molecule has 0 N–H and O–H groups in total. The Labute approximate surface area is 50.2 Å². The van der Waals surface area contributed by atoms with Crippen molar-refractivity contribution in [2.75, 3.05) is 5.88 Å². The van der Waals surface area contributed by atoms with E-state index in [1.807, 2.05) is 0 Å². The van der Waals surface area contributed by atoms with Gasteiger partial charge in [0.05, 0.1) is 0 Å². The van der Waals surface area contributed by atoms with Crippen molar-refractivity contribution in [1.82, 2.24) is 0 Å². The van der Waals surface area contributed by atoms with Gasteiger partial charge in [0.25, 0.3) is 0 Å². The molecular weight excluding hydrogens is 108 g/mol. The van der Waals surface area contributed by atoms with Gasteiger partial charge in [-0.15, -0.1) is 11.6 Å². The first-order valence-electron chi connectivity index (χ1n) is 2.62. The van der Waals surface area contributed by atoms with E-state index in [1.165, 1.54) is 0 Å². The zero-order valence-electron chi connectivity index (χ0n) is 4.65. The summed E-state index contributed by atoms with van der Waals surface area (Å²) < 4.78 is 0. The highest BCUT2D eigenvalue weighted by atomic mass is 35.5. The fourth-order valence-electron chi connectivity index (χ4n) is 0.348. The van der Waals surface area contributed by atoms with Gasteiger partial charge >= 0.3 is 0 Å². The molecule has 0 amide bonds.